The molecule has 0 spiro atoms. The lowest BCUT2D eigenvalue weighted by Crippen LogP contribution is -2.49. The van der Waals surface area contributed by atoms with E-state index < -0.39 is 0 Å². The van der Waals surface area contributed by atoms with E-state index in [0.717, 1.165) is 32.7 Å². The van der Waals surface area contributed by atoms with Gasteiger partial charge in [0, 0.05) is 26.2 Å². The van der Waals surface area contributed by atoms with Crippen LogP contribution in [0.1, 0.15) is 13.3 Å². The SMILES string of the molecule is CCN1CCN(C(=O)C2CC2C(=O)Nc2ccccc2Cl)CC1. The number of piperazine rings is 1. The van der Waals surface area contributed by atoms with Gasteiger partial charge in [0.25, 0.3) is 0 Å². The topological polar surface area (TPSA) is 52.7 Å². The van der Waals surface area contributed by atoms with Crippen molar-refractivity contribution >= 4 is 29.1 Å². The molecule has 5 nitrogen and oxygen atoms in total. The van der Waals surface area contributed by atoms with Crippen LogP contribution in [0.15, 0.2) is 24.3 Å². The highest BCUT2D eigenvalue weighted by molar-refractivity contribution is 6.33. The predicted molar refractivity (Wildman–Crippen MR) is 90.4 cm³/mol. The molecule has 2 unspecified atom stereocenters. The number of anilines is 1. The molecule has 1 aliphatic carbocycles. The van der Waals surface area contributed by atoms with Gasteiger partial charge in [0.2, 0.25) is 11.8 Å². The van der Waals surface area contributed by atoms with E-state index in [0.29, 0.717) is 17.1 Å². The number of hydrogen-bond donors (Lipinski definition) is 1. The van der Waals surface area contributed by atoms with Crippen LogP contribution in [-0.2, 0) is 9.59 Å². The first-order valence-corrected chi connectivity index (χ1v) is 8.54. The Labute approximate surface area is 141 Å². The first kappa shape index (κ1) is 16.3. The molecule has 2 amide bonds. The molecule has 3 rings (SSSR count). The molecule has 1 saturated carbocycles. The van der Waals surface area contributed by atoms with Gasteiger partial charge in [-0.3, -0.25) is 9.59 Å². The van der Waals surface area contributed by atoms with Gasteiger partial charge in [-0.2, -0.15) is 0 Å². The van der Waals surface area contributed by atoms with Crippen LogP contribution >= 0.6 is 11.6 Å². The van der Waals surface area contributed by atoms with E-state index in [1.807, 2.05) is 17.0 Å². The number of rotatable bonds is 4. The quantitative estimate of drug-likeness (QED) is 0.916. The summed E-state index contributed by atoms with van der Waals surface area (Å²) in [7, 11) is 0. The number of nitrogens with zero attached hydrogens (tertiary/aromatic N) is 2. The number of para-hydroxylation sites is 1. The van der Waals surface area contributed by atoms with Crippen molar-refractivity contribution in [2.75, 3.05) is 38.0 Å². The van der Waals surface area contributed by atoms with E-state index in [9.17, 15) is 9.59 Å². The minimum atomic E-state index is -0.219. The number of nitrogens with one attached hydrogen (secondary N) is 1. The number of carbonyl (C=O) groups is 2. The number of hydrogen-bond acceptors (Lipinski definition) is 3. The second kappa shape index (κ2) is 6.89. The fourth-order valence-corrected chi connectivity index (χ4v) is 3.25. The highest BCUT2D eigenvalue weighted by atomic mass is 35.5. The summed E-state index contributed by atoms with van der Waals surface area (Å²) < 4.78 is 0. The third kappa shape index (κ3) is 3.67. The first-order chi connectivity index (χ1) is 11.1. The van der Waals surface area contributed by atoms with Crippen LogP contribution in [0, 0.1) is 11.8 Å². The molecule has 1 aliphatic heterocycles. The number of halogens is 1. The molecule has 124 valence electrons. The fourth-order valence-electron chi connectivity index (χ4n) is 3.06. The summed E-state index contributed by atoms with van der Waals surface area (Å²) >= 11 is 6.05. The van der Waals surface area contributed by atoms with E-state index in [-0.39, 0.29) is 23.7 Å². The van der Waals surface area contributed by atoms with Crippen LogP contribution in [0.3, 0.4) is 0 Å². The average Bonchev–Trinajstić information content (AvgIpc) is 3.37. The molecule has 1 aromatic carbocycles. The van der Waals surface area contributed by atoms with Gasteiger partial charge < -0.3 is 15.1 Å². The van der Waals surface area contributed by atoms with Gasteiger partial charge in [-0.15, -0.1) is 0 Å². The number of likely N-dealkylation sites (N-methyl/N-ethyl adjacent to an activating group) is 1. The van der Waals surface area contributed by atoms with Crippen LogP contribution in [0.4, 0.5) is 5.69 Å². The third-order valence-corrected chi connectivity index (χ3v) is 5.04. The number of amides is 2. The molecular formula is C17H22ClN3O2. The maximum atomic E-state index is 12.5. The highest BCUT2D eigenvalue weighted by Gasteiger charge is 2.49. The molecule has 1 saturated heterocycles. The minimum Gasteiger partial charge on any atom is -0.340 e. The maximum Gasteiger partial charge on any atom is 0.228 e. The fraction of sp³-hybridized carbons (Fsp3) is 0.529. The smallest absolute Gasteiger partial charge is 0.228 e. The Kier molecular flexibility index (Phi) is 4.87. The summed E-state index contributed by atoms with van der Waals surface area (Å²) in [4.78, 5) is 29.0. The second-order valence-electron chi connectivity index (χ2n) is 6.18. The Balaban J connectivity index is 1.52. The van der Waals surface area contributed by atoms with Crippen LogP contribution in [0.25, 0.3) is 0 Å². The Morgan fingerprint density at radius 3 is 2.52 bits per heavy atom. The van der Waals surface area contributed by atoms with Crippen molar-refractivity contribution in [3.8, 4) is 0 Å². The summed E-state index contributed by atoms with van der Waals surface area (Å²) in [6.45, 7) is 6.53. The van der Waals surface area contributed by atoms with Crippen molar-refractivity contribution in [1.82, 2.24) is 9.80 Å². The van der Waals surface area contributed by atoms with E-state index in [1.165, 1.54) is 0 Å². The molecule has 1 aromatic rings. The molecule has 6 heteroatoms. The zero-order chi connectivity index (χ0) is 16.4. The second-order valence-corrected chi connectivity index (χ2v) is 6.58. The molecular weight excluding hydrogens is 314 g/mol. The summed E-state index contributed by atoms with van der Waals surface area (Å²) in [6.07, 6.45) is 0.642. The molecule has 1 heterocycles. The molecule has 1 N–H and O–H groups in total. The van der Waals surface area contributed by atoms with E-state index in [1.54, 1.807) is 12.1 Å². The molecule has 2 atom stereocenters. The summed E-state index contributed by atoms with van der Waals surface area (Å²) in [5.74, 6) is -0.364. The molecule has 0 radical (unpaired) electrons. The van der Waals surface area contributed by atoms with Gasteiger partial charge in [-0.25, -0.2) is 0 Å². The van der Waals surface area contributed by atoms with Crippen molar-refractivity contribution in [3.05, 3.63) is 29.3 Å². The van der Waals surface area contributed by atoms with Crippen LogP contribution in [0.5, 0.6) is 0 Å². The lowest BCUT2D eigenvalue weighted by molar-refractivity contribution is -0.135. The monoisotopic (exact) mass is 335 g/mol. The lowest BCUT2D eigenvalue weighted by atomic mass is 10.2. The van der Waals surface area contributed by atoms with Gasteiger partial charge in [0.15, 0.2) is 0 Å². The number of benzene rings is 1. The zero-order valence-electron chi connectivity index (χ0n) is 13.3. The van der Waals surface area contributed by atoms with E-state index >= 15 is 0 Å². The van der Waals surface area contributed by atoms with Crippen LogP contribution < -0.4 is 5.32 Å². The highest BCUT2D eigenvalue weighted by Crippen LogP contribution is 2.41. The first-order valence-electron chi connectivity index (χ1n) is 8.16. The predicted octanol–water partition coefficient (Wildman–Crippen LogP) is 2.08. The molecule has 2 aliphatic rings. The van der Waals surface area contributed by atoms with Crippen molar-refractivity contribution in [2.45, 2.75) is 13.3 Å². The Morgan fingerprint density at radius 1 is 1.17 bits per heavy atom. The summed E-state index contributed by atoms with van der Waals surface area (Å²) in [6, 6.07) is 7.14. The van der Waals surface area contributed by atoms with Gasteiger partial charge >= 0.3 is 0 Å². The standard InChI is InChI=1S/C17H22ClN3O2/c1-2-20-7-9-21(10-8-20)17(23)13-11-12(13)16(22)19-15-6-4-3-5-14(15)18/h3-6,12-13H,2,7-11H2,1H3,(H,19,22). The van der Waals surface area contributed by atoms with Gasteiger partial charge in [-0.05, 0) is 25.1 Å². The average molecular weight is 336 g/mol. The Hall–Kier alpha value is -1.59. The third-order valence-electron chi connectivity index (χ3n) is 4.71. The summed E-state index contributed by atoms with van der Waals surface area (Å²) in [5, 5.41) is 3.34. The van der Waals surface area contributed by atoms with Crippen molar-refractivity contribution in [1.29, 1.82) is 0 Å². The molecule has 23 heavy (non-hydrogen) atoms. The van der Waals surface area contributed by atoms with Gasteiger partial charge in [-0.1, -0.05) is 30.7 Å². The van der Waals surface area contributed by atoms with Gasteiger partial charge in [0.1, 0.15) is 0 Å². The van der Waals surface area contributed by atoms with Crippen LogP contribution in [-0.4, -0.2) is 54.3 Å². The maximum absolute atomic E-state index is 12.5. The zero-order valence-corrected chi connectivity index (χ0v) is 14.1. The largest absolute Gasteiger partial charge is 0.340 e. The van der Waals surface area contributed by atoms with Crippen molar-refractivity contribution < 1.29 is 9.59 Å². The Bertz CT molecular complexity index is 599. The minimum absolute atomic E-state index is 0.108. The van der Waals surface area contributed by atoms with Gasteiger partial charge in [0.05, 0.1) is 22.5 Å². The molecule has 2 fully saturated rings. The van der Waals surface area contributed by atoms with Crippen molar-refractivity contribution in [2.24, 2.45) is 11.8 Å². The van der Waals surface area contributed by atoms with Crippen molar-refractivity contribution in [3.63, 3.8) is 0 Å². The van der Waals surface area contributed by atoms with E-state index in [2.05, 4.69) is 17.1 Å². The normalized spacial score (nSPS) is 24.3. The molecule has 0 bridgehead atoms. The van der Waals surface area contributed by atoms with Crippen LogP contribution in [0.2, 0.25) is 5.02 Å². The molecule has 0 aromatic heterocycles. The Morgan fingerprint density at radius 2 is 1.87 bits per heavy atom. The number of carbonyl (C=O) groups excluding carboxylic acids is 2. The van der Waals surface area contributed by atoms with E-state index in [4.69, 9.17) is 11.6 Å². The lowest BCUT2D eigenvalue weighted by Gasteiger charge is -2.34. The summed E-state index contributed by atoms with van der Waals surface area (Å²) in [5.41, 5.74) is 0.605.